The molecule has 92 valence electrons. The molecule has 0 aromatic carbocycles. The van der Waals surface area contributed by atoms with E-state index in [1.54, 1.807) is 25.7 Å². The second-order valence-corrected chi connectivity index (χ2v) is 5.12. The number of carbonyl (C=O) groups is 2. The van der Waals surface area contributed by atoms with Crippen molar-refractivity contribution < 1.29 is 14.3 Å². The molecule has 0 aliphatic carbocycles. The maximum Gasteiger partial charge on any atom is 0.415 e. The lowest BCUT2D eigenvalue weighted by atomic mass is 10.2. The monoisotopic (exact) mass is 228 g/mol. The molecule has 1 heterocycles. The van der Waals surface area contributed by atoms with Gasteiger partial charge in [-0.3, -0.25) is 0 Å². The van der Waals surface area contributed by atoms with Gasteiger partial charge in [0.05, 0.1) is 0 Å². The second-order valence-electron chi connectivity index (χ2n) is 5.12. The highest BCUT2D eigenvalue weighted by Crippen LogP contribution is 2.16. The molecule has 0 bridgehead atoms. The molecule has 0 saturated carbocycles. The number of nitrogens with zero attached hydrogens (tertiary/aromatic N) is 1. The Morgan fingerprint density at radius 1 is 1.38 bits per heavy atom. The average Bonchev–Trinajstić information content (AvgIpc) is 2.47. The maximum atomic E-state index is 11.7. The lowest BCUT2D eigenvalue weighted by molar-refractivity contribution is 0.0534. The Hall–Kier alpha value is -1.26. The number of alkyl carbamates (subject to hydrolysis) is 1. The van der Waals surface area contributed by atoms with E-state index in [0.717, 1.165) is 12.8 Å². The molecule has 0 spiro atoms. The first-order chi connectivity index (χ1) is 7.29. The smallest absolute Gasteiger partial charge is 0.415 e. The van der Waals surface area contributed by atoms with Gasteiger partial charge >= 0.3 is 12.1 Å². The van der Waals surface area contributed by atoms with Crippen molar-refractivity contribution in [3.63, 3.8) is 0 Å². The summed E-state index contributed by atoms with van der Waals surface area (Å²) < 4.78 is 5.01. The summed E-state index contributed by atoms with van der Waals surface area (Å²) in [7, 11) is 0. The predicted octanol–water partition coefficient (Wildman–Crippen LogP) is 2.12. The Labute approximate surface area is 96.1 Å². The van der Waals surface area contributed by atoms with E-state index in [9.17, 15) is 9.59 Å². The molecule has 1 N–H and O–H groups in total. The van der Waals surface area contributed by atoms with Crippen molar-refractivity contribution in [3.05, 3.63) is 0 Å². The molecule has 0 aromatic rings. The normalized spacial score (nSPS) is 20.8. The van der Waals surface area contributed by atoms with Crippen LogP contribution >= 0.6 is 0 Å². The third kappa shape index (κ3) is 3.72. The summed E-state index contributed by atoms with van der Waals surface area (Å²) in [6.45, 7) is 7.96. The average molecular weight is 228 g/mol. The van der Waals surface area contributed by atoms with Crippen LogP contribution in [0.5, 0.6) is 0 Å². The minimum Gasteiger partial charge on any atom is -0.443 e. The van der Waals surface area contributed by atoms with Crippen LogP contribution in [0.15, 0.2) is 0 Å². The van der Waals surface area contributed by atoms with Crippen LogP contribution in [-0.4, -0.2) is 35.2 Å². The number of rotatable bonds is 0. The Morgan fingerprint density at radius 3 is 2.44 bits per heavy atom. The second kappa shape index (κ2) is 4.72. The van der Waals surface area contributed by atoms with Crippen molar-refractivity contribution >= 4 is 12.1 Å². The van der Waals surface area contributed by atoms with Crippen LogP contribution in [-0.2, 0) is 4.74 Å². The standard InChI is InChI=1S/C11H20N2O3/c1-8-6-5-7-13(8)9(14)12-10(15)16-11(2,3)4/h8H,5-7H2,1-4H3,(H,12,14,15)/t8-/m1/s1. The first-order valence-corrected chi connectivity index (χ1v) is 5.60. The van der Waals surface area contributed by atoms with Crippen LogP contribution in [0.25, 0.3) is 0 Å². The van der Waals surface area contributed by atoms with E-state index < -0.39 is 11.7 Å². The molecule has 1 aliphatic heterocycles. The summed E-state index contributed by atoms with van der Waals surface area (Å²) in [5.41, 5.74) is -0.582. The molecular formula is C11H20N2O3. The Balaban J connectivity index is 2.42. The summed E-state index contributed by atoms with van der Waals surface area (Å²) >= 11 is 0. The van der Waals surface area contributed by atoms with E-state index >= 15 is 0 Å². The van der Waals surface area contributed by atoms with Crippen LogP contribution < -0.4 is 5.32 Å². The largest absolute Gasteiger partial charge is 0.443 e. The number of amides is 3. The molecular weight excluding hydrogens is 208 g/mol. The fraction of sp³-hybridized carbons (Fsp3) is 0.818. The number of carbonyl (C=O) groups excluding carboxylic acids is 2. The molecule has 0 unspecified atom stereocenters. The topological polar surface area (TPSA) is 58.6 Å². The van der Waals surface area contributed by atoms with Crippen molar-refractivity contribution in [2.24, 2.45) is 0 Å². The first-order valence-electron chi connectivity index (χ1n) is 5.60. The summed E-state index contributed by atoms with van der Waals surface area (Å²) in [5.74, 6) is 0. The van der Waals surface area contributed by atoms with Crippen LogP contribution in [0.1, 0.15) is 40.5 Å². The Bertz CT molecular complexity index is 283. The van der Waals surface area contributed by atoms with Crippen molar-refractivity contribution in [3.8, 4) is 0 Å². The molecule has 1 saturated heterocycles. The third-order valence-corrected chi connectivity index (χ3v) is 2.42. The van der Waals surface area contributed by atoms with Gasteiger partial charge in [-0.1, -0.05) is 0 Å². The summed E-state index contributed by atoms with van der Waals surface area (Å²) in [5, 5.41) is 2.23. The Morgan fingerprint density at radius 2 is 2.00 bits per heavy atom. The number of urea groups is 1. The quantitative estimate of drug-likeness (QED) is 0.690. The van der Waals surface area contributed by atoms with Crippen molar-refractivity contribution in [2.75, 3.05) is 6.54 Å². The third-order valence-electron chi connectivity index (χ3n) is 2.42. The molecule has 0 radical (unpaired) electrons. The number of ether oxygens (including phenoxy) is 1. The highest BCUT2D eigenvalue weighted by atomic mass is 16.6. The molecule has 1 atom stereocenters. The number of likely N-dealkylation sites (tertiary alicyclic amines) is 1. The van der Waals surface area contributed by atoms with Gasteiger partial charge in [0.1, 0.15) is 5.60 Å². The van der Waals surface area contributed by atoms with Crippen LogP contribution in [0, 0.1) is 0 Å². The zero-order valence-electron chi connectivity index (χ0n) is 10.4. The molecule has 1 aliphatic rings. The van der Waals surface area contributed by atoms with Gasteiger partial charge in [-0.25, -0.2) is 14.9 Å². The van der Waals surface area contributed by atoms with Crippen molar-refractivity contribution in [1.29, 1.82) is 0 Å². The summed E-state index contributed by atoms with van der Waals surface area (Å²) in [6.07, 6.45) is 1.29. The fourth-order valence-corrected chi connectivity index (χ4v) is 1.70. The molecule has 5 heteroatoms. The highest BCUT2D eigenvalue weighted by Gasteiger charge is 2.27. The number of nitrogens with one attached hydrogen (secondary N) is 1. The molecule has 5 nitrogen and oxygen atoms in total. The first kappa shape index (κ1) is 12.8. The molecule has 1 fully saturated rings. The number of hydrogen-bond acceptors (Lipinski definition) is 3. The zero-order chi connectivity index (χ0) is 12.3. The minimum absolute atomic E-state index is 0.197. The highest BCUT2D eigenvalue weighted by molar-refractivity contribution is 5.91. The van der Waals surface area contributed by atoms with Gasteiger partial charge in [-0.05, 0) is 40.5 Å². The van der Waals surface area contributed by atoms with Gasteiger partial charge in [0.2, 0.25) is 0 Å². The van der Waals surface area contributed by atoms with Gasteiger partial charge in [-0.15, -0.1) is 0 Å². The fourth-order valence-electron chi connectivity index (χ4n) is 1.70. The lowest BCUT2D eigenvalue weighted by Crippen LogP contribution is -2.45. The van der Waals surface area contributed by atoms with Crippen molar-refractivity contribution in [2.45, 2.75) is 52.2 Å². The van der Waals surface area contributed by atoms with Gasteiger partial charge < -0.3 is 9.64 Å². The van der Waals surface area contributed by atoms with E-state index in [2.05, 4.69) is 5.32 Å². The van der Waals surface area contributed by atoms with Crippen LogP contribution in [0.3, 0.4) is 0 Å². The Kier molecular flexibility index (Phi) is 3.78. The summed E-state index contributed by atoms with van der Waals surface area (Å²) in [4.78, 5) is 24.7. The van der Waals surface area contributed by atoms with Gasteiger partial charge in [0.25, 0.3) is 0 Å². The maximum absolute atomic E-state index is 11.7. The van der Waals surface area contributed by atoms with Crippen molar-refractivity contribution in [1.82, 2.24) is 10.2 Å². The van der Waals surface area contributed by atoms with E-state index in [-0.39, 0.29) is 12.1 Å². The molecule has 3 amide bonds. The van der Waals surface area contributed by atoms with E-state index in [0.29, 0.717) is 6.54 Å². The number of hydrogen-bond donors (Lipinski definition) is 1. The lowest BCUT2D eigenvalue weighted by Gasteiger charge is -2.23. The van der Waals surface area contributed by atoms with E-state index in [1.807, 2.05) is 6.92 Å². The van der Waals surface area contributed by atoms with Gasteiger partial charge in [0.15, 0.2) is 0 Å². The van der Waals surface area contributed by atoms with Crippen LogP contribution in [0.2, 0.25) is 0 Å². The van der Waals surface area contributed by atoms with Gasteiger partial charge in [-0.2, -0.15) is 0 Å². The molecule has 0 aromatic heterocycles. The predicted molar refractivity (Wildman–Crippen MR) is 60.2 cm³/mol. The molecule has 16 heavy (non-hydrogen) atoms. The number of imide groups is 1. The minimum atomic E-state index is -0.684. The zero-order valence-corrected chi connectivity index (χ0v) is 10.4. The van der Waals surface area contributed by atoms with Crippen LogP contribution in [0.4, 0.5) is 9.59 Å². The SMILES string of the molecule is C[C@@H]1CCCN1C(=O)NC(=O)OC(C)(C)C. The molecule has 1 rings (SSSR count). The van der Waals surface area contributed by atoms with E-state index in [4.69, 9.17) is 4.74 Å². The summed E-state index contributed by atoms with van der Waals surface area (Å²) in [6, 6.07) is -0.165. The van der Waals surface area contributed by atoms with Gasteiger partial charge in [0, 0.05) is 12.6 Å². The van der Waals surface area contributed by atoms with E-state index in [1.165, 1.54) is 0 Å².